The summed E-state index contributed by atoms with van der Waals surface area (Å²) < 4.78 is 0. The number of hydrogen-bond acceptors (Lipinski definition) is 3. The number of nitrogens with zero attached hydrogens (tertiary/aromatic N) is 1. The first kappa shape index (κ1) is 13.3. The zero-order chi connectivity index (χ0) is 13.1. The molecule has 5 nitrogen and oxygen atoms in total. The summed E-state index contributed by atoms with van der Waals surface area (Å²) in [7, 11) is 0. The molecule has 5 heteroatoms. The van der Waals surface area contributed by atoms with Crippen molar-refractivity contribution in [2.45, 2.75) is 45.2 Å². The van der Waals surface area contributed by atoms with Crippen LogP contribution in [0.4, 0.5) is 0 Å². The smallest absolute Gasteiger partial charge is 0.237 e. The number of piperazine rings is 1. The summed E-state index contributed by atoms with van der Waals surface area (Å²) in [6, 6.07) is 0.239. The summed E-state index contributed by atoms with van der Waals surface area (Å²) in [4.78, 5) is 25.7. The second-order valence-corrected chi connectivity index (χ2v) is 5.75. The first-order chi connectivity index (χ1) is 8.56. The Morgan fingerprint density at radius 1 is 1.50 bits per heavy atom. The fourth-order valence-corrected chi connectivity index (χ4v) is 2.34. The van der Waals surface area contributed by atoms with Crippen molar-refractivity contribution in [2.75, 3.05) is 19.6 Å². The minimum Gasteiger partial charge on any atom is -0.353 e. The third kappa shape index (κ3) is 3.70. The molecule has 2 amide bonds. The third-order valence-electron chi connectivity index (χ3n) is 3.43. The normalized spacial score (nSPS) is 25.1. The van der Waals surface area contributed by atoms with E-state index in [0.29, 0.717) is 25.0 Å². The van der Waals surface area contributed by atoms with E-state index in [2.05, 4.69) is 24.5 Å². The van der Waals surface area contributed by atoms with Gasteiger partial charge in [0.1, 0.15) is 0 Å². The van der Waals surface area contributed by atoms with Gasteiger partial charge < -0.3 is 10.6 Å². The second-order valence-electron chi connectivity index (χ2n) is 5.75. The maximum Gasteiger partial charge on any atom is 0.237 e. The molecule has 0 aromatic heterocycles. The minimum absolute atomic E-state index is 0.0564. The number of rotatable bonds is 5. The van der Waals surface area contributed by atoms with Crippen LogP contribution in [0.15, 0.2) is 0 Å². The van der Waals surface area contributed by atoms with Crippen LogP contribution in [0.25, 0.3) is 0 Å². The van der Waals surface area contributed by atoms with E-state index in [1.54, 1.807) is 0 Å². The molecule has 2 fully saturated rings. The van der Waals surface area contributed by atoms with Gasteiger partial charge in [0.15, 0.2) is 0 Å². The van der Waals surface area contributed by atoms with Crippen LogP contribution >= 0.6 is 0 Å². The molecule has 2 rings (SSSR count). The highest BCUT2D eigenvalue weighted by molar-refractivity contribution is 5.84. The Morgan fingerprint density at radius 3 is 2.83 bits per heavy atom. The summed E-state index contributed by atoms with van der Waals surface area (Å²) in [6.07, 6.45) is 3.01. The molecule has 1 atom stereocenters. The lowest BCUT2D eigenvalue weighted by atomic mass is 10.00. The second kappa shape index (κ2) is 5.69. The van der Waals surface area contributed by atoms with E-state index in [0.717, 1.165) is 25.8 Å². The van der Waals surface area contributed by atoms with Crippen molar-refractivity contribution in [1.29, 1.82) is 0 Å². The van der Waals surface area contributed by atoms with Gasteiger partial charge in [-0.2, -0.15) is 0 Å². The van der Waals surface area contributed by atoms with Crippen LogP contribution in [0, 0.1) is 5.92 Å². The van der Waals surface area contributed by atoms with Gasteiger partial charge in [-0.25, -0.2) is 0 Å². The first-order valence-electron chi connectivity index (χ1n) is 6.87. The third-order valence-corrected chi connectivity index (χ3v) is 3.43. The van der Waals surface area contributed by atoms with Gasteiger partial charge >= 0.3 is 0 Å². The van der Waals surface area contributed by atoms with Crippen molar-refractivity contribution >= 4 is 11.8 Å². The molecule has 0 aromatic carbocycles. The fourth-order valence-electron chi connectivity index (χ4n) is 2.34. The molecule has 2 N–H and O–H groups in total. The molecule has 1 aliphatic heterocycles. The summed E-state index contributed by atoms with van der Waals surface area (Å²) in [5.41, 5.74) is 0. The molecule has 1 aliphatic carbocycles. The lowest BCUT2D eigenvalue weighted by Crippen LogP contribution is -2.57. The highest BCUT2D eigenvalue weighted by Gasteiger charge is 2.32. The molecule has 1 saturated carbocycles. The lowest BCUT2D eigenvalue weighted by Gasteiger charge is -2.35. The number of hydrogen-bond donors (Lipinski definition) is 2. The average molecular weight is 253 g/mol. The van der Waals surface area contributed by atoms with Crippen molar-refractivity contribution in [3.05, 3.63) is 0 Å². The highest BCUT2D eigenvalue weighted by atomic mass is 16.2. The number of carbonyl (C=O) groups is 2. The Labute approximate surface area is 108 Å². The quantitative estimate of drug-likeness (QED) is 0.731. The van der Waals surface area contributed by atoms with Gasteiger partial charge in [0.05, 0.1) is 12.6 Å². The molecular weight excluding hydrogens is 230 g/mol. The SMILES string of the molecule is CC(C)CC1C(=O)NCCN1CC(=O)NC1CC1. The average Bonchev–Trinajstić information content (AvgIpc) is 3.06. The summed E-state index contributed by atoms with van der Waals surface area (Å²) in [5, 5.41) is 5.86. The fraction of sp³-hybridized carbons (Fsp3) is 0.846. The maximum atomic E-state index is 11.9. The van der Waals surface area contributed by atoms with E-state index in [-0.39, 0.29) is 17.9 Å². The summed E-state index contributed by atoms with van der Waals surface area (Å²) >= 11 is 0. The van der Waals surface area contributed by atoms with E-state index in [4.69, 9.17) is 0 Å². The zero-order valence-corrected chi connectivity index (χ0v) is 11.2. The van der Waals surface area contributed by atoms with E-state index >= 15 is 0 Å². The van der Waals surface area contributed by atoms with E-state index in [1.165, 1.54) is 0 Å². The predicted molar refractivity (Wildman–Crippen MR) is 69.0 cm³/mol. The van der Waals surface area contributed by atoms with Crippen LogP contribution in [0.2, 0.25) is 0 Å². The standard InChI is InChI=1S/C13H23N3O2/c1-9(2)7-11-13(18)14-5-6-16(11)8-12(17)15-10-3-4-10/h9-11H,3-8H2,1-2H3,(H,14,18)(H,15,17). The molecule has 0 radical (unpaired) electrons. The monoisotopic (exact) mass is 253 g/mol. The molecule has 0 spiro atoms. The number of nitrogens with one attached hydrogen (secondary N) is 2. The zero-order valence-electron chi connectivity index (χ0n) is 11.2. The molecular formula is C13H23N3O2. The van der Waals surface area contributed by atoms with Gasteiger partial charge in [0.2, 0.25) is 11.8 Å². The largest absolute Gasteiger partial charge is 0.353 e. The Hall–Kier alpha value is -1.10. The summed E-state index contributed by atoms with van der Waals surface area (Å²) in [6.45, 7) is 5.96. The van der Waals surface area contributed by atoms with Crippen LogP contribution in [0.3, 0.4) is 0 Å². The topological polar surface area (TPSA) is 61.4 Å². The van der Waals surface area contributed by atoms with Gasteiger partial charge in [0.25, 0.3) is 0 Å². The molecule has 1 saturated heterocycles. The molecule has 1 unspecified atom stereocenters. The van der Waals surface area contributed by atoms with Crippen LogP contribution in [-0.4, -0.2) is 48.4 Å². The Morgan fingerprint density at radius 2 is 2.22 bits per heavy atom. The lowest BCUT2D eigenvalue weighted by molar-refractivity contribution is -0.132. The van der Waals surface area contributed by atoms with E-state index < -0.39 is 0 Å². The molecule has 0 aromatic rings. The van der Waals surface area contributed by atoms with Crippen molar-refractivity contribution in [3.8, 4) is 0 Å². The number of carbonyl (C=O) groups excluding carboxylic acids is 2. The van der Waals surface area contributed by atoms with Gasteiger partial charge in [-0.15, -0.1) is 0 Å². The molecule has 18 heavy (non-hydrogen) atoms. The van der Waals surface area contributed by atoms with Gasteiger partial charge in [-0.3, -0.25) is 14.5 Å². The molecule has 102 valence electrons. The summed E-state index contributed by atoms with van der Waals surface area (Å²) in [5.74, 6) is 0.572. The Kier molecular flexibility index (Phi) is 4.22. The van der Waals surface area contributed by atoms with Crippen LogP contribution < -0.4 is 10.6 Å². The Bertz CT molecular complexity index is 326. The molecule has 1 heterocycles. The van der Waals surface area contributed by atoms with Gasteiger partial charge in [0, 0.05) is 19.1 Å². The van der Waals surface area contributed by atoms with Gasteiger partial charge in [-0.1, -0.05) is 13.8 Å². The Balaban J connectivity index is 1.89. The first-order valence-corrected chi connectivity index (χ1v) is 6.87. The highest BCUT2D eigenvalue weighted by Crippen LogP contribution is 2.19. The maximum absolute atomic E-state index is 11.9. The molecule has 0 bridgehead atoms. The van der Waals surface area contributed by atoms with Crippen molar-refractivity contribution in [2.24, 2.45) is 5.92 Å². The van der Waals surface area contributed by atoms with E-state index in [1.807, 2.05) is 4.90 Å². The van der Waals surface area contributed by atoms with Crippen LogP contribution in [-0.2, 0) is 9.59 Å². The van der Waals surface area contributed by atoms with E-state index in [9.17, 15) is 9.59 Å². The van der Waals surface area contributed by atoms with Crippen LogP contribution in [0.1, 0.15) is 33.1 Å². The van der Waals surface area contributed by atoms with Crippen molar-refractivity contribution in [1.82, 2.24) is 15.5 Å². The van der Waals surface area contributed by atoms with Crippen LogP contribution in [0.5, 0.6) is 0 Å². The van der Waals surface area contributed by atoms with Crippen molar-refractivity contribution in [3.63, 3.8) is 0 Å². The predicted octanol–water partition coefficient (Wildman–Crippen LogP) is 0.112. The van der Waals surface area contributed by atoms with Gasteiger partial charge in [-0.05, 0) is 25.2 Å². The van der Waals surface area contributed by atoms with Crippen molar-refractivity contribution < 1.29 is 9.59 Å². The molecule has 2 aliphatic rings. The number of amides is 2. The minimum atomic E-state index is -0.149.